The topological polar surface area (TPSA) is 72.7 Å². The molecule has 138 valence electrons. The predicted molar refractivity (Wildman–Crippen MR) is 99.4 cm³/mol. The van der Waals surface area contributed by atoms with E-state index >= 15 is 0 Å². The Labute approximate surface area is 156 Å². The molecule has 1 heterocycles. The van der Waals surface area contributed by atoms with E-state index in [9.17, 15) is 9.18 Å². The van der Waals surface area contributed by atoms with Crippen molar-refractivity contribution >= 4 is 11.6 Å². The van der Waals surface area contributed by atoms with Gasteiger partial charge in [0.1, 0.15) is 5.82 Å². The predicted octanol–water partition coefficient (Wildman–Crippen LogP) is 3.47. The Kier molecular flexibility index (Phi) is 4.43. The summed E-state index contributed by atoms with van der Waals surface area (Å²) in [5.74, 6) is 0.275. The standard InChI is InChI=1S/C20H20FN5O/c1-26-18(23-24-25-26)14-5-4-6-17(13-14)22-19(27)20(11-2-3-12-20)15-7-9-16(21)10-8-15/h4-10,13H,2-3,11-12H2,1H3,(H,22,27). The van der Waals surface area contributed by atoms with Crippen molar-refractivity contribution in [3.05, 3.63) is 59.9 Å². The Hall–Kier alpha value is -3.09. The maximum absolute atomic E-state index is 13.3. The van der Waals surface area contributed by atoms with Crippen LogP contribution in [0.1, 0.15) is 31.2 Å². The van der Waals surface area contributed by atoms with E-state index in [1.807, 2.05) is 24.3 Å². The molecule has 1 aliphatic carbocycles. The van der Waals surface area contributed by atoms with Crippen molar-refractivity contribution in [2.75, 3.05) is 5.32 Å². The first-order valence-corrected chi connectivity index (χ1v) is 8.99. The van der Waals surface area contributed by atoms with Crippen molar-refractivity contribution in [1.29, 1.82) is 0 Å². The average Bonchev–Trinajstić information content (AvgIpc) is 3.32. The number of hydrogen-bond acceptors (Lipinski definition) is 4. The fourth-order valence-electron chi connectivity index (χ4n) is 3.86. The number of tetrazole rings is 1. The molecule has 7 heteroatoms. The molecule has 1 N–H and O–H groups in total. The van der Waals surface area contributed by atoms with Crippen LogP contribution >= 0.6 is 0 Å². The summed E-state index contributed by atoms with van der Waals surface area (Å²) in [5, 5.41) is 14.6. The number of amides is 1. The fraction of sp³-hybridized carbons (Fsp3) is 0.300. The lowest BCUT2D eigenvalue weighted by Crippen LogP contribution is -2.38. The van der Waals surface area contributed by atoms with E-state index in [2.05, 4.69) is 20.8 Å². The minimum atomic E-state index is -0.615. The minimum Gasteiger partial charge on any atom is -0.325 e. The zero-order valence-electron chi connectivity index (χ0n) is 15.0. The number of carbonyl (C=O) groups is 1. The van der Waals surface area contributed by atoms with Gasteiger partial charge in [-0.3, -0.25) is 4.79 Å². The molecule has 0 radical (unpaired) electrons. The molecule has 1 fully saturated rings. The maximum atomic E-state index is 13.3. The van der Waals surface area contributed by atoms with Crippen LogP contribution in [0.2, 0.25) is 0 Å². The Morgan fingerprint density at radius 2 is 1.89 bits per heavy atom. The summed E-state index contributed by atoms with van der Waals surface area (Å²) in [5.41, 5.74) is 1.76. The van der Waals surface area contributed by atoms with E-state index in [0.717, 1.165) is 36.8 Å². The Morgan fingerprint density at radius 1 is 1.15 bits per heavy atom. The molecule has 0 aliphatic heterocycles. The molecule has 0 bridgehead atoms. The van der Waals surface area contributed by atoms with Gasteiger partial charge in [-0.15, -0.1) is 5.10 Å². The highest BCUT2D eigenvalue weighted by Crippen LogP contribution is 2.42. The van der Waals surface area contributed by atoms with Gasteiger partial charge in [-0.25, -0.2) is 9.07 Å². The van der Waals surface area contributed by atoms with Gasteiger partial charge in [-0.1, -0.05) is 37.1 Å². The summed E-state index contributed by atoms with van der Waals surface area (Å²) >= 11 is 0. The molecule has 1 amide bonds. The van der Waals surface area contributed by atoms with E-state index in [1.165, 1.54) is 12.1 Å². The highest BCUT2D eigenvalue weighted by atomic mass is 19.1. The number of nitrogens with zero attached hydrogens (tertiary/aromatic N) is 4. The van der Waals surface area contributed by atoms with Crippen LogP contribution < -0.4 is 5.32 Å². The van der Waals surface area contributed by atoms with Crippen LogP contribution in [0.15, 0.2) is 48.5 Å². The molecule has 6 nitrogen and oxygen atoms in total. The van der Waals surface area contributed by atoms with Gasteiger partial charge < -0.3 is 5.32 Å². The molecule has 0 unspecified atom stereocenters. The third-order valence-corrected chi connectivity index (χ3v) is 5.29. The average molecular weight is 365 g/mol. The first-order valence-electron chi connectivity index (χ1n) is 8.99. The number of rotatable bonds is 4. The Balaban J connectivity index is 1.62. The van der Waals surface area contributed by atoms with E-state index in [-0.39, 0.29) is 11.7 Å². The molecule has 4 rings (SSSR count). The molecule has 3 aromatic rings. The van der Waals surface area contributed by atoms with Gasteiger partial charge in [-0.05, 0) is 53.1 Å². The number of nitrogens with one attached hydrogen (secondary N) is 1. The number of anilines is 1. The third kappa shape index (κ3) is 3.20. The normalized spacial score (nSPS) is 15.6. The second kappa shape index (κ2) is 6.90. The molecule has 1 saturated carbocycles. The second-order valence-corrected chi connectivity index (χ2v) is 6.96. The quantitative estimate of drug-likeness (QED) is 0.768. The van der Waals surface area contributed by atoms with Gasteiger partial charge >= 0.3 is 0 Å². The first kappa shape index (κ1) is 17.3. The SMILES string of the molecule is Cn1nnnc1-c1cccc(NC(=O)C2(c3ccc(F)cc3)CCCC2)c1. The number of halogens is 1. The van der Waals surface area contributed by atoms with Crippen molar-refractivity contribution < 1.29 is 9.18 Å². The summed E-state index contributed by atoms with van der Waals surface area (Å²) < 4.78 is 14.9. The van der Waals surface area contributed by atoms with Crippen molar-refractivity contribution in [2.24, 2.45) is 7.05 Å². The van der Waals surface area contributed by atoms with Crippen molar-refractivity contribution in [1.82, 2.24) is 20.2 Å². The molecule has 0 saturated heterocycles. The number of aromatic nitrogens is 4. The lowest BCUT2D eigenvalue weighted by molar-refractivity contribution is -0.121. The van der Waals surface area contributed by atoms with Crippen molar-refractivity contribution in [2.45, 2.75) is 31.1 Å². The summed E-state index contributed by atoms with van der Waals surface area (Å²) in [6.07, 6.45) is 3.49. The lowest BCUT2D eigenvalue weighted by Gasteiger charge is -2.28. The number of benzene rings is 2. The van der Waals surface area contributed by atoms with Gasteiger partial charge in [0, 0.05) is 18.3 Å². The van der Waals surface area contributed by atoms with Gasteiger partial charge in [-0.2, -0.15) is 0 Å². The van der Waals surface area contributed by atoms with Crippen LogP contribution in [-0.2, 0) is 17.3 Å². The molecule has 2 aromatic carbocycles. The Morgan fingerprint density at radius 3 is 2.56 bits per heavy atom. The number of hydrogen-bond donors (Lipinski definition) is 1. The third-order valence-electron chi connectivity index (χ3n) is 5.29. The first-order chi connectivity index (χ1) is 13.1. The molecule has 1 aliphatic rings. The Bertz CT molecular complexity index is 961. The van der Waals surface area contributed by atoms with Gasteiger partial charge in [0.05, 0.1) is 5.41 Å². The van der Waals surface area contributed by atoms with Crippen LogP contribution in [0.4, 0.5) is 10.1 Å². The molecule has 1 aromatic heterocycles. The number of carbonyl (C=O) groups excluding carboxylic acids is 1. The molecule has 0 spiro atoms. The van der Waals surface area contributed by atoms with Crippen LogP contribution in [-0.4, -0.2) is 26.1 Å². The largest absolute Gasteiger partial charge is 0.325 e. The smallest absolute Gasteiger partial charge is 0.235 e. The molecular formula is C20H20FN5O. The van der Waals surface area contributed by atoms with E-state index in [1.54, 1.807) is 23.9 Å². The van der Waals surface area contributed by atoms with Gasteiger partial charge in [0.15, 0.2) is 5.82 Å². The molecular weight excluding hydrogens is 345 g/mol. The zero-order chi connectivity index (χ0) is 18.9. The zero-order valence-corrected chi connectivity index (χ0v) is 15.0. The maximum Gasteiger partial charge on any atom is 0.235 e. The van der Waals surface area contributed by atoms with Gasteiger partial charge in [0.2, 0.25) is 5.91 Å². The monoisotopic (exact) mass is 365 g/mol. The number of aryl methyl sites for hydroxylation is 1. The summed E-state index contributed by atoms with van der Waals surface area (Å²) in [4.78, 5) is 13.2. The van der Waals surface area contributed by atoms with Crippen LogP contribution in [0.3, 0.4) is 0 Å². The fourth-order valence-corrected chi connectivity index (χ4v) is 3.86. The minimum absolute atomic E-state index is 0.0557. The van der Waals surface area contributed by atoms with Crippen LogP contribution in [0.25, 0.3) is 11.4 Å². The highest BCUT2D eigenvalue weighted by Gasteiger charge is 2.42. The van der Waals surface area contributed by atoms with Crippen molar-refractivity contribution in [3.8, 4) is 11.4 Å². The van der Waals surface area contributed by atoms with E-state index in [0.29, 0.717) is 11.5 Å². The van der Waals surface area contributed by atoms with Crippen LogP contribution in [0.5, 0.6) is 0 Å². The summed E-state index contributed by atoms with van der Waals surface area (Å²) in [6, 6.07) is 13.7. The summed E-state index contributed by atoms with van der Waals surface area (Å²) in [7, 11) is 1.77. The van der Waals surface area contributed by atoms with E-state index in [4.69, 9.17) is 0 Å². The summed E-state index contributed by atoms with van der Waals surface area (Å²) in [6.45, 7) is 0. The van der Waals surface area contributed by atoms with Crippen molar-refractivity contribution in [3.63, 3.8) is 0 Å². The van der Waals surface area contributed by atoms with Gasteiger partial charge in [0.25, 0.3) is 0 Å². The lowest BCUT2D eigenvalue weighted by atomic mass is 9.78. The van der Waals surface area contributed by atoms with Crippen LogP contribution in [0, 0.1) is 5.82 Å². The highest BCUT2D eigenvalue weighted by molar-refractivity contribution is 5.99. The molecule has 27 heavy (non-hydrogen) atoms. The van der Waals surface area contributed by atoms with E-state index < -0.39 is 5.41 Å². The second-order valence-electron chi connectivity index (χ2n) is 6.96. The molecule has 0 atom stereocenters.